The molecular formula is C24H20F6N6O3. The van der Waals surface area contributed by atoms with Crippen molar-refractivity contribution in [3.63, 3.8) is 0 Å². The van der Waals surface area contributed by atoms with Gasteiger partial charge in [0.1, 0.15) is 23.4 Å². The molecule has 0 aliphatic rings. The molecule has 0 radical (unpaired) electrons. The number of benzene rings is 1. The van der Waals surface area contributed by atoms with Gasteiger partial charge in [0.15, 0.2) is 11.6 Å². The highest BCUT2D eigenvalue weighted by Gasteiger charge is 2.37. The number of nitrogens with one attached hydrogen (secondary N) is 2. The minimum Gasteiger partial charge on any atom is -0.494 e. The number of nitrogens with zero attached hydrogens (tertiary/aromatic N) is 4. The molecule has 206 valence electrons. The average Bonchev–Trinajstić information content (AvgIpc) is 2.86. The lowest BCUT2D eigenvalue weighted by Gasteiger charge is -2.20. The van der Waals surface area contributed by atoms with Gasteiger partial charge in [-0.3, -0.25) is 9.59 Å². The van der Waals surface area contributed by atoms with Crippen LogP contribution in [0.4, 0.5) is 32.0 Å². The summed E-state index contributed by atoms with van der Waals surface area (Å²) in [6, 6.07) is 0.923. The first-order valence-electron chi connectivity index (χ1n) is 11.3. The fourth-order valence-electron chi connectivity index (χ4n) is 4.02. The van der Waals surface area contributed by atoms with Crippen LogP contribution < -0.4 is 21.2 Å². The van der Waals surface area contributed by atoms with E-state index in [-0.39, 0.29) is 22.2 Å². The Kier molecular flexibility index (Phi) is 7.60. The largest absolute Gasteiger partial charge is 0.494 e. The first kappa shape index (κ1) is 27.6. The van der Waals surface area contributed by atoms with E-state index in [2.05, 4.69) is 20.4 Å². The van der Waals surface area contributed by atoms with Crippen LogP contribution in [-0.2, 0) is 12.7 Å². The lowest BCUT2D eigenvalue weighted by Crippen LogP contribution is -2.30. The van der Waals surface area contributed by atoms with E-state index in [9.17, 15) is 35.9 Å². The van der Waals surface area contributed by atoms with E-state index in [0.29, 0.717) is 10.3 Å². The molecule has 4 aromatic rings. The Balaban J connectivity index is 1.55. The predicted molar refractivity (Wildman–Crippen MR) is 128 cm³/mol. The highest BCUT2D eigenvalue weighted by molar-refractivity contribution is 5.86. The second-order valence-electron chi connectivity index (χ2n) is 8.62. The van der Waals surface area contributed by atoms with Crippen molar-refractivity contribution in [2.75, 3.05) is 12.4 Å². The summed E-state index contributed by atoms with van der Waals surface area (Å²) in [6.07, 6.45) is -3.16. The summed E-state index contributed by atoms with van der Waals surface area (Å²) < 4.78 is 90.0. The van der Waals surface area contributed by atoms with E-state index < -0.39 is 65.4 Å². The van der Waals surface area contributed by atoms with Gasteiger partial charge in [-0.2, -0.15) is 18.3 Å². The molecule has 0 fully saturated rings. The Morgan fingerprint density at radius 1 is 1.08 bits per heavy atom. The standard InChI is InChI=1S/C24H20F6N6O3/c1-11(34-19-8-33-35-22(37)20(19)24(28,29)30)3-12(25)9-36-10-18(27)14-4-16(17(26)5-15(14)23(36)38)21-31-6-13(39-2)7-32-21/h4-8,10-12H,3,9H2,1-2H3,(H2,34,35,37)/t11-,12+/m1/s1. The van der Waals surface area contributed by atoms with Crippen LogP contribution in [0.25, 0.3) is 22.2 Å². The number of aromatic amines is 1. The molecule has 0 saturated carbocycles. The molecule has 3 aromatic heterocycles. The van der Waals surface area contributed by atoms with Crippen molar-refractivity contribution in [3.05, 3.63) is 74.8 Å². The molecule has 0 aliphatic heterocycles. The second kappa shape index (κ2) is 10.7. The van der Waals surface area contributed by atoms with E-state index in [1.165, 1.54) is 26.4 Å². The van der Waals surface area contributed by atoms with Crippen molar-refractivity contribution in [2.45, 2.75) is 38.3 Å². The Morgan fingerprint density at radius 3 is 2.41 bits per heavy atom. The minimum absolute atomic E-state index is 0.0756. The summed E-state index contributed by atoms with van der Waals surface area (Å²) in [6.45, 7) is 0.693. The third-order valence-corrected chi connectivity index (χ3v) is 5.78. The number of methoxy groups -OCH3 is 1. The monoisotopic (exact) mass is 554 g/mol. The average molecular weight is 554 g/mol. The summed E-state index contributed by atoms with van der Waals surface area (Å²) in [5, 5.41) is 6.82. The molecule has 0 unspecified atom stereocenters. The third-order valence-electron chi connectivity index (χ3n) is 5.78. The van der Waals surface area contributed by atoms with Gasteiger partial charge in [0, 0.05) is 24.0 Å². The number of fused-ring (bicyclic) bond motifs is 1. The molecule has 0 saturated heterocycles. The molecular weight excluding hydrogens is 534 g/mol. The molecule has 9 nitrogen and oxygen atoms in total. The lowest BCUT2D eigenvalue weighted by molar-refractivity contribution is -0.138. The number of ether oxygens (including phenoxy) is 1. The molecule has 39 heavy (non-hydrogen) atoms. The van der Waals surface area contributed by atoms with E-state index in [4.69, 9.17) is 4.74 Å². The van der Waals surface area contributed by atoms with Crippen LogP contribution in [0.3, 0.4) is 0 Å². The van der Waals surface area contributed by atoms with E-state index in [1.807, 2.05) is 0 Å². The number of alkyl halides is 4. The highest BCUT2D eigenvalue weighted by atomic mass is 19.4. The summed E-state index contributed by atoms with van der Waals surface area (Å²) in [5.74, 6) is -1.62. The Labute approximate surface area is 215 Å². The fraction of sp³-hybridized carbons (Fsp3) is 0.292. The van der Waals surface area contributed by atoms with Gasteiger partial charge in [-0.15, -0.1) is 0 Å². The summed E-state index contributed by atoms with van der Waals surface area (Å²) in [7, 11) is 1.39. The molecule has 2 atom stereocenters. The van der Waals surface area contributed by atoms with E-state index >= 15 is 0 Å². The van der Waals surface area contributed by atoms with E-state index in [1.54, 1.807) is 5.10 Å². The number of H-pyrrole nitrogens is 1. The Hall–Kier alpha value is -4.43. The van der Waals surface area contributed by atoms with Crippen LogP contribution in [0.15, 0.2) is 46.5 Å². The zero-order chi connectivity index (χ0) is 28.5. The molecule has 15 heteroatoms. The van der Waals surface area contributed by atoms with Crippen molar-refractivity contribution < 1.29 is 31.1 Å². The van der Waals surface area contributed by atoms with Crippen molar-refractivity contribution in [2.24, 2.45) is 0 Å². The zero-order valence-electron chi connectivity index (χ0n) is 20.3. The minimum atomic E-state index is -4.99. The molecule has 0 aliphatic carbocycles. The maximum atomic E-state index is 14.9. The molecule has 4 rings (SSSR count). The van der Waals surface area contributed by atoms with Gasteiger partial charge in [-0.05, 0) is 19.1 Å². The summed E-state index contributed by atoms with van der Waals surface area (Å²) >= 11 is 0. The molecule has 2 N–H and O–H groups in total. The summed E-state index contributed by atoms with van der Waals surface area (Å²) in [5.41, 5.74) is -4.68. The predicted octanol–water partition coefficient (Wildman–Crippen LogP) is 4.08. The van der Waals surface area contributed by atoms with Crippen LogP contribution >= 0.6 is 0 Å². The number of hydrogen-bond donors (Lipinski definition) is 2. The number of rotatable bonds is 8. The van der Waals surface area contributed by atoms with Gasteiger partial charge in [-0.1, -0.05) is 0 Å². The zero-order valence-corrected chi connectivity index (χ0v) is 20.3. The fourth-order valence-corrected chi connectivity index (χ4v) is 4.02. The Morgan fingerprint density at radius 2 is 1.77 bits per heavy atom. The van der Waals surface area contributed by atoms with Gasteiger partial charge < -0.3 is 14.6 Å². The van der Waals surface area contributed by atoms with Crippen LogP contribution in [0, 0.1) is 11.6 Å². The number of halogens is 6. The van der Waals surface area contributed by atoms with Gasteiger partial charge >= 0.3 is 6.18 Å². The van der Waals surface area contributed by atoms with Gasteiger partial charge in [0.05, 0.1) is 48.9 Å². The first-order chi connectivity index (χ1) is 18.4. The first-order valence-corrected chi connectivity index (χ1v) is 11.3. The normalized spacial score (nSPS) is 13.3. The molecule has 0 bridgehead atoms. The van der Waals surface area contributed by atoms with E-state index in [0.717, 1.165) is 24.5 Å². The lowest BCUT2D eigenvalue weighted by atomic mass is 10.1. The van der Waals surface area contributed by atoms with Crippen LogP contribution in [-0.4, -0.2) is 44.1 Å². The maximum absolute atomic E-state index is 14.9. The topological polar surface area (TPSA) is 115 Å². The van der Waals surface area contributed by atoms with Gasteiger partial charge in [0.25, 0.3) is 11.1 Å². The number of pyridine rings is 1. The summed E-state index contributed by atoms with van der Waals surface area (Å²) in [4.78, 5) is 32.4. The molecule has 0 spiro atoms. The van der Waals surface area contributed by atoms with Crippen molar-refractivity contribution in [1.82, 2.24) is 24.7 Å². The van der Waals surface area contributed by atoms with Crippen molar-refractivity contribution in [1.29, 1.82) is 0 Å². The second-order valence-corrected chi connectivity index (χ2v) is 8.62. The van der Waals surface area contributed by atoms with Crippen molar-refractivity contribution >= 4 is 16.5 Å². The molecule has 3 heterocycles. The SMILES string of the molecule is COc1cnc(-c2cc3c(F)cn(C[C@@H](F)C[C@@H](C)Nc4cn[nH]c(=O)c4C(F)(F)F)c(=O)c3cc2F)nc1. The van der Waals surface area contributed by atoms with Crippen LogP contribution in [0.2, 0.25) is 0 Å². The molecule has 1 aromatic carbocycles. The van der Waals surface area contributed by atoms with Gasteiger partial charge in [0.2, 0.25) is 0 Å². The highest BCUT2D eigenvalue weighted by Crippen LogP contribution is 2.32. The maximum Gasteiger partial charge on any atom is 0.423 e. The third kappa shape index (κ3) is 5.86. The van der Waals surface area contributed by atoms with Crippen LogP contribution in [0.5, 0.6) is 5.75 Å². The van der Waals surface area contributed by atoms with Crippen LogP contribution in [0.1, 0.15) is 18.9 Å². The van der Waals surface area contributed by atoms with Gasteiger partial charge in [-0.25, -0.2) is 28.2 Å². The number of anilines is 1. The number of hydrogen-bond acceptors (Lipinski definition) is 7. The van der Waals surface area contributed by atoms with Crippen molar-refractivity contribution in [3.8, 4) is 17.1 Å². The number of aromatic nitrogens is 5. The Bertz CT molecular complexity index is 1620. The smallest absolute Gasteiger partial charge is 0.423 e. The quantitative estimate of drug-likeness (QED) is 0.316. The molecule has 0 amide bonds.